The maximum absolute atomic E-state index is 11.9. The first-order valence-electron chi connectivity index (χ1n) is 6.35. The van der Waals surface area contributed by atoms with E-state index in [4.69, 9.17) is 9.47 Å². The van der Waals surface area contributed by atoms with Gasteiger partial charge in [0.05, 0.1) is 13.2 Å². The summed E-state index contributed by atoms with van der Waals surface area (Å²) < 4.78 is 10.5. The second-order valence-corrected chi connectivity index (χ2v) is 5.34. The van der Waals surface area contributed by atoms with Crippen LogP contribution < -0.4 is 4.90 Å². The fourth-order valence-corrected chi connectivity index (χ4v) is 1.74. The van der Waals surface area contributed by atoms with Gasteiger partial charge in [0.25, 0.3) is 0 Å². The lowest BCUT2D eigenvalue weighted by atomic mass is 10.2. The molecule has 0 unspecified atom stereocenters. The molecule has 1 aromatic heterocycles. The standard InChI is InChI=1S/C13H19N3O3/c1-13(2,3)19-12(17)11-14-5-4-10(15-11)16-6-8-18-9-7-16/h4-5H,6-9H2,1-3H3. The zero-order valence-corrected chi connectivity index (χ0v) is 11.5. The van der Waals surface area contributed by atoms with E-state index in [1.165, 1.54) is 0 Å². The third-order valence-electron chi connectivity index (χ3n) is 2.56. The van der Waals surface area contributed by atoms with Crippen molar-refractivity contribution in [1.29, 1.82) is 0 Å². The Bertz CT molecular complexity index is 451. The Hall–Kier alpha value is -1.69. The molecule has 0 bridgehead atoms. The number of nitrogens with zero attached hydrogens (tertiary/aromatic N) is 3. The SMILES string of the molecule is CC(C)(C)OC(=O)c1nccc(N2CCOCC2)n1. The van der Waals surface area contributed by atoms with Gasteiger partial charge in [0, 0.05) is 19.3 Å². The Kier molecular flexibility index (Phi) is 3.99. The van der Waals surface area contributed by atoms with E-state index in [-0.39, 0.29) is 5.82 Å². The molecular formula is C13H19N3O3. The molecule has 1 aromatic rings. The number of carbonyl (C=O) groups is 1. The smallest absolute Gasteiger partial charge is 0.376 e. The highest BCUT2D eigenvalue weighted by Gasteiger charge is 2.21. The number of aromatic nitrogens is 2. The zero-order chi connectivity index (χ0) is 13.9. The molecular weight excluding hydrogens is 246 g/mol. The minimum Gasteiger partial charge on any atom is -0.454 e. The van der Waals surface area contributed by atoms with Crippen LogP contribution in [0.3, 0.4) is 0 Å². The van der Waals surface area contributed by atoms with Crippen LogP contribution in [0.4, 0.5) is 5.82 Å². The maximum Gasteiger partial charge on any atom is 0.376 e. The zero-order valence-electron chi connectivity index (χ0n) is 11.5. The number of hydrogen-bond donors (Lipinski definition) is 0. The summed E-state index contributed by atoms with van der Waals surface area (Å²) in [4.78, 5) is 22.2. The van der Waals surface area contributed by atoms with Gasteiger partial charge in [-0.1, -0.05) is 0 Å². The summed E-state index contributed by atoms with van der Waals surface area (Å²) in [7, 11) is 0. The summed E-state index contributed by atoms with van der Waals surface area (Å²) >= 11 is 0. The van der Waals surface area contributed by atoms with Gasteiger partial charge in [0.2, 0.25) is 5.82 Å². The minimum absolute atomic E-state index is 0.0962. The van der Waals surface area contributed by atoms with Crippen molar-refractivity contribution in [1.82, 2.24) is 9.97 Å². The van der Waals surface area contributed by atoms with Gasteiger partial charge >= 0.3 is 5.97 Å². The first-order valence-corrected chi connectivity index (χ1v) is 6.35. The predicted molar refractivity (Wildman–Crippen MR) is 70.2 cm³/mol. The Balaban J connectivity index is 2.12. The molecule has 6 heteroatoms. The maximum atomic E-state index is 11.9. The van der Waals surface area contributed by atoms with Crippen LogP contribution in [-0.2, 0) is 9.47 Å². The summed E-state index contributed by atoms with van der Waals surface area (Å²) in [5.41, 5.74) is -0.546. The molecule has 19 heavy (non-hydrogen) atoms. The van der Waals surface area contributed by atoms with E-state index in [0.717, 1.165) is 18.9 Å². The molecule has 2 heterocycles. The molecule has 0 atom stereocenters. The van der Waals surface area contributed by atoms with E-state index >= 15 is 0 Å². The summed E-state index contributed by atoms with van der Waals surface area (Å²) in [6, 6.07) is 1.79. The number of hydrogen-bond acceptors (Lipinski definition) is 6. The summed E-state index contributed by atoms with van der Waals surface area (Å²) in [6.07, 6.45) is 1.58. The second kappa shape index (κ2) is 5.52. The van der Waals surface area contributed by atoms with Gasteiger partial charge in [-0.2, -0.15) is 0 Å². The molecule has 2 rings (SSSR count). The molecule has 0 aromatic carbocycles. The van der Waals surface area contributed by atoms with Crippen LogP contribution in [0.1, 0.15) is 31.4 Å². The average Bonchev–Trinajstić information content (AvgIpc) is 2.38. The molecule has 0 radical (unpaired) electrons. The lowest BCUT2D eigenvalue weighted by Gasteiger charge is -2.27. The molecule has 1 aliphatic heterocycles. The molecule has 0 aliphatic carbocycles. The normalized spacial score (nSPS) is 16.3. The number of esters is 1. The van der Waals surface area contributed by atoms with Gasteiger partial charge in [-0.3, -0.25) is 0 Å². The number of rotatable bonds is 2. The average molecular weight is 265 g/mol. The van der Waals surface area contributed by atoms with Gasteiger partial charge in [-0.15, -0.1) is 0 Å². The summed E-state index contributed by atoms with van der Waals surface area (Å²) in [6.45, 7) is 8.33. The molecule has 104 valence electrons. The van der Waals surface area contributed by atoms with Gasteiger partial charge < -0.3 is 14.4 Å². The molecule has 1 aliphatic rings. The molecule has 0 saturated carbocycles. The number of morpholine rings is 1. The van der Waals surface area contributed by atoms with Crippen LogP contribution in [0.2, 0.25) is 0 Å². The Morgan fingerprint density at radius 1 is 1.37 bits per heavy atom. The predicted octanol–water partition coefficient (Wildman–Crippen LogP) is 1.27. The van der Waals surface area contributed by atoms with E-state index in [1.54, 1.807) is 12.3 Å². The van der Waals surface area contributed by atoms with Crippen LogP contribution in [0.25, 0.3) is 0 Å². The topological polar surface area (TPSA) is 64.5 Å². The molecule has 0 amide bonds. The lowest BCUT2D eigenvalue weighted by molar-refractivity contribution is 0.00556. The van der Waals surface area contributed by atoms with E-state index in [9.17, 15) is 4.79 Å². The van der Waals surface area contributed by atoms with Gasteiger partial charge in [-0.05, 0) is 26.8 Å². The quantitative estimate of drug-likeness (QED) is 0.750. The van der Waals surface area contributed by atoms with Crippen LogP contribution in [0, 0.1) is 0 Å². The fourth-order valence-electron chi connectivity index (χ4n) is 1.74. The van der Waals surface area contributed by atoms with Crippen LogP contribution in [0.5, 0.6) is 0 Å². The highest BCUT2D eigenvalue weighted by atomic mass is 16.6. The van der Waals surface area contributed by atoms with Crippen molar-refractivity contribution >= 4 is 11.8 Å². The van der Waals surface area contributed by atoms with Crippen LogP contribution in [-0.4, -0.2) is 47.8 Å². The molecule has 1 saturated heterocycles. The third kappa shape index (κ3) is 3.89. The third-order valence-corrected chi connectivity index (χ3v) is 2.56. The van der Waals surface area contributed by atoms with Crippen molar-refractivity contribution in [2.45, 2.75) is 26.4 Å². The highest BCUT2D eigenvalue weighted by molar-refractivity contribution is 5.85. The molecule has 0 N–H and O–H groups in total. The molecule has 0 spiro atoms. The van der Waals surface area contributed by atoms with Crippen molar-refractivity contribution in [3.8, 4) is 0 Å². The largest absolute Gasteiger partial charge is 0.454 e. The van der Waals surface area contributed by atoms with Crippen molar-refractivity contribution in [3.05, 3.63) is 18.1 Å². The molecule has 6 nitrogen and oxygen atoms in total. The first kappa shape index (κ1) is 13.7. The number of ether oxygens (including phenoxy) is 2. The lowest BCUT2D eigenvalue weighted by Crippen LogP contribution is -2.37. The Morgan fingerprint density at radius 3 is 2.68 bits per heavy atom. The second-order valence-electron chi connectivity index (χ2n) is 5.34. The van der Waals surface area contributed by atoms with E-state index in [1.807, 2.05) is 20.8 Å². The van der Waals surface area contributed by atoms with Crippen molar-refractivity contribution in [3.63, 3.8) is 0 Å². The Labute approximate surface area is 112 Å². The minimum atomic E-state index is -0.546. The molecule has 1 fully saturated rings. The highest BCUT2D eigenvalue weighted by Crippen LogP contribution is 2.14. The monoisotopic (exact) mass is 265 g/mol. The van der Waals surface area contributed by atoms with Gasteiger partial charge in [0.15, 0.2) is 0 Å². The first-order chi connectivity index (χ1) is 8.96. The fraction of sp³-hybridized carbons (Fsp3) is 0.615. The van der Waals surface area contributed by atoms with Gasteiger partial charge in [0.1, 0.15) is 11.4 Å². The number of anilines is 1. The van der Waals surface area contributed by atoms with Crippen molar-refractivity contribution in [2.75, 3.05) is 31.2 Å². The van der Waals surface area contributed by atoms with Crippen molar-refractivity contribution in [2.24, 2.45) is 0 Å². The Morgan fingerprint density at radius 2 is 2.05 bits per heavy atom. The van der Waals surface area contributed by atoms with E-state index in [2.05, 4.69) is 14.9 Å². The van der Waals surface area contributed by atoms with E-state index in [0.29, 0.717) is 13.2 Å². The summed E-state index contributed by atoms with van der Waals surface area (Å²) in [5, 5.41) is 0. The number of carbonyl (C=O) groups excluding carboxylic acids is 1. The van der Waals surface area contributed by atoms with Crippen LogP contribution in [0.15, 0.2) is 12.3 Å². The van der Waals surface area contributed by atoms with Crippen LogP contribution >= 0.6 is 0 Å². The van der Waals surface area contributed by atoms with E-state index < -0.39 is 11.6 Å². The van der Waals surface area contributed by atoms with Gasteiger partial charge in [-0.25, -0.2) is 14.8 Å². The summed E-state index contributed by atoms with van der Waals surface area (Å²) in [5.74, 6) is 0.334. The van der Waals surface area contributed by atoms with Crippen molar-refractivity contribution < 1.29 is 14.3 Å².